The van der Waals surface area contributed by atoms with Gasteiger partial charge in [-0.2, -0.15) is 0 Å². The molecule has 2 N–H and O–H groups in total. The minimum absolute atomic E-state index is 0.0424. The Kier molecular flexibility index (Phi) is 29.3. The van der Waals surface area contributed by atoms with Gasteiger partial charge in [0, 0.05) is 27.3 Å². The van der Waals surface area contributed by atoms with E-state index < -0.39 is 11.8 Å². The van der Waals surface area contributed by atoms with Gasteiger partial charge in [0.1, 0.15) is 5.57 Å². The number of allylic oxidation sites excluding steroid dienone is 2. The van der Waals surface area contributed by atoms with Crippen LogP contribution in [0.3, 0.4) is 0 Å². The number of hydrogen-bond acceptors (Lipinski definition) is 12. The van der Waals surface area contributed by atoms with E-state index in [0.29, 0.717) is 106 Å². The summed E-state index contributed by atoms with van der Waals surface area (Å²) in [6.45, 7) is 8.34. The quantitative estimate of drug-likeness (QED) is 0.0350. The lowest BCUT2D eigenvalue weighted by molar-refractivity contribution is -0.123. The van der Waals surface area contributed by atoms with E-state index in [1.165, 1.54) is 0 Å². The molecule has 0 heterocycles. The molecule has 0 radical (unpaired) electrons. The monoisotopic (exact) mass is 760 g/mol. The van der Waals surface area contributed by atoms with Gasteiger partial charge in [0.05, 0.1) is 119 Å². The normalized spacial score (nSPS) is 10.9. The molecule has 0 aromatic heterocycles. The van der Waals surface area contributed by atoms with Gasteiger partial charge >= 0.3 is 0 Å². The predicted octanol–water partition coefficient (Wildman–Crippen LogP) is 2.70. The lowest BCUT2D eigenvalue weighted by Gasteiger charge is -2.12. The van der Waals surface area contributed by atoms with Crippen LogP contribution < -0.4 is 10.6 Å². The van der Waals surface area contributed by atoms with Crippen molar-refractivity contribution in [2.75, 3.05) is 146 Å². The molecule has 14 heteroatoms. The molecule has 2 aromatic rings. The van der Waals surface area contributed by atoms with E-state index in [9.17, 15) is 9.59 Å². The van der Waals surface area contributed by atoms with Crippen molar-refractivity contribution < 1.29 is 57.0 Å². The van der Waals surface area contributed by atoms with E-state index in [0.717, 1.165) is 16.7 Å². The SMILES string of the molecule is COCCOCCOCCOCCOCCNC(=O)C(=CC=C(c1ccccc1)c1ccccc1)C(=O)NCCOCCOCCOCCOCCOC. The molecule has 0 saturated carbocycles. The summed E-state index contributed by atoms with van der Waals surface area (Å²) in [4.78, 5) is 26.6. The minimum atomic E-state index is -0.523. The van der Waals surface area contributed by atoms with Crippen LogP contribution in [0.4, 0.5) is 0 Å². The number of methoxy groups -OCH3 is 2. The minimum Gasteiger partial charge on any atom is -0.382 e. The van der Waals surface area contributed by atoms with E-state index in [4.69, 9.17) is 47.4 Å². The standard InChI is InChI=1S/C40H60N2O12/c1-45-19-21-49-27-29-53-33-31-51-25-23-47-17-15-41-39(43)38(14-13-37(35-9-5-3-6-10-35)36-11-7-4-8-12-36)40(44)42-16-18-48-24-26-52-32-34-54-30-28-50-22-20-46-2/h3-14H,15-34H2,1-2H3,(H,41,43)(H,42,44). The molecule has 2 aromatic carbocycles. The fraction of sp³-hybridized carbons (Fsp3) is 0.550. The Labute approximate surface area is 320 Å². The molecule has 0 aliphatic carbocycles. The number of hydrogen-bond donors (Lipinski definition) is 2. The van der Waals surface area contributed by atoms with Crippen LogP contribution in [-0.4, -0.2) is 158 Å². The van der Waals surface area contributed by atoms with Gasteiger partial charge in [-0.05, 0) is 22.8 Å². The number of benzene rings is 2. The zero-order valence-electron chi connectivity index (χ0n) is 32.0. The summed E-state index contributed by atoms with van der Waals surface area (Å²) < 4.78 is 53.6. The summed E-state index contributed by atoms with van der Waals surface area (Å²) in [6, 6.07) is 19.6. The molecular weight excluding hydrogens is 700 g/mol. The second-order valence-corrected chi connectivity index (χ2v) is 11.3. The van der Waals surface area contributed by atoms with Gasteiger partial charge in [-0.3, -0.25) is 9.59 Å². The summed E-state index contributed by atoms with van der Waals surface area (Å²) in [5.74, 6) is -1.05. The molecule has 0 aliphatic heterocycles. The van der Waals surface area contributed by atoms with Crippen LogP contribution in [0.15, 0.2) is 78.4 Å². The van der Waals surface area contributed by atoms with Crippen molar-refractivity contribution in [2.24, 2.45) is 0 Å². The van der Waals surface area contributed by atoms with Crippen LogP contribution in [0.5, 0.6) is 0 Å². The molecule has 0 atom stereocenters. The molecule has 14 nitrogen and oxygen atoms in total. The van der Waals surface area contributed by atoms with Crippen molar-refractivity contribution in [3.63, 3.8) is 0 Å². The first kappa shape index (κ1) is 46.6. The molecule has 54 heavy (non-hydrogen) atoms. The van der Waals surface area contributed by atoms with Gasteiger partial charge < -0.3 is 58.0 Å². The molecular formula is C40H60N2O12. The molecule has 0 fully saturated rings. The number of rotatable bonds is 35. The predicted molar refractivity (Wildman–Crippen MR) is 204 cm³/mol. The Morgan fingerprint density at radius 3 is 1.04 bits per heavy atom. The summed E-state index contributed by atoms with van der Waals surface area (Å²) in [5.41, 5.74) is 2.72. The largest absolute Gasteiger partial charge is 0.382 e. The van der Waals surface area contributed by atoms with Gasteiger partial charge in [0.2, 0.25) is 0 Å². The van der Waals surface area contributed by atoms with Crippen molar-refractivity contribution in [1.29, 1.82) is 0 Å². The van der Waals surface area contributed by atoms with Crippen LogP contribution in [0, 0.1) is 0 Å². The summed E-state index contributed by atoms with van der Waals surface area (Å²) in [6.07, 6.45) is 3.34. The molecule has 0 aliphatic rings. The van der Waals surface area contributed by atoms with Crippen molar-refractivity contribution >= 4 is 17.4 Å². The first-order valence-corrected chi connectivity index (χ1v) is 18.4. The second kappa shape index (κ2) is 34.0. The fourth-order valence-electron chi connectivity index (χ4n) is 4.49. The molecule has 2 rings (SSSR count). The van der Waals surface area contributed by atoms with Gasteiger partial charge in [-0.25, -0.2) is 0 Å². The third-order valence-electron chi connectivity index (χ3n) is 7.24. The third-order valence-corrected chi connectivity index (χ3v) is 7.24. The van der Waals surface area contributed by atoms with Crippen molar-refractivity contribution in [1.82, 2.24) is 10.6 Å². The highest BCUT2D eigenvalue weighted by Crippen LogP contribution is 2.23. The van der Waals surface area contributed by atoms with E-state index >= 15 is 0 Å². The van der Waals surface area contributed by atoms with Crippen molar-refractivity contribution in [3.8, 4) is 0 Å². The molecule has 0 unspecified atom stereocenters. The fourth-order valence-corrected chi connectivity index (χ4v) is 4.49. The average molecular weight is 761 g/mol. The highest BCUT2D eigenvalue weighted by Gasteiger charge is 2.17. The third kappa shape index (κ3) is 24.0. The van der Waals surface area contributed by atoms with Crippen LogP contribution in [0.25, 0.3) is 5.57 Å². The van der Waals surface area contributed by atoms with Crippen LogP contribution >= 0.6 is 0 Å². The number of ether oxygens (including phenoxy) is 10. The van der Waals surface area contributed by atoms with Crippen LogP contribution in [-0.2, 0) is 57.0 Å². The van der Waals surface area contributed by atoms with Crippen LogP contribution in [0.2, 0.25) is 0 Å². The zero-order valence-corrected chi connectivity index (χ0v) is 32.0. The zero-order chi connectivity index (χ0) is 38.6. The average Bonchev–Trinajstić information content (AvgIpc) is 3.20. The Bertz CT molecular complexity index is 1170. The summed E-state index contributed by atoms with van der Waals surface area (Å²) in [7, 11) is 3.26. The lowest BCUT2D eigenvalue weighted by atomic mass is 9.97. The first-order valence-electron chi connectivity index (χ1n) is 18.4. The van der Waals surface area contributed by atoms with Crippen molar-refractivity contribution in [3.05, 3.63) is 89.5 Å². The molecule has 0 spiro atoms. The van der Waals surface area contributed by atoms with Gasteiger partial charge in [-0.1, -0.05) is 66.7 Å². The van der Waals surface area contributed by atoms with E-state index in [1.54, 1.807) is 26.4 Å². The van der Waals surface area contributed by atoms with Crippen molar-refractivity contribution in [2.45, 2.75) is 0 Å². The van der Waals surface area contributed by atoms with E-state index in [2.05, 4.69) is 10.6 Å². The molecule has 302 valence electrons. The topological polar surface area (TPSA) is 150 Å². The van der Waals surface area contributed by atoms with E-state index in [-0.39, 0.29) is 31.9 Å². The Hall–Kier alpha value is -3.54. The molecule has 2 amide bonds. The van der Waals surface area contributed by atoms with E-state index in [1.807, 2.05) is 60.7 Å². The molecule has 0 bridgehead atoms. The summed E-state index contributed by atoms with van der Waals surface area (Å²) in [5, 5.41) is 5.58. The lowest BCUT2D eigenvalue weighted by Crippen LogP contribution is -2.37. The number of carbonyl (C=O) groups excluding carboxylic acids is 2. The van der Waals surface area contributed by atoms with Gasteiger partial charge in [0.15, 0.2) is 0 Å². The maximum Gasteiger partial charge on any atom is 0.256 e. The highest BCUT2D eigenvalue weighted by atomic mass is 16.6. The highest BCUT2D eigenvalue weighted by molar-refractivity contribution is 6.18. The second-order valence-electron chi connectivity index (χ2n) is 11.3. The Morgan fingerprint density at radius 1 is 0.426 bits per heavy atom. The smallest absolute Gasteiger partial charge is 0.256 e. The number of amides is 2. The number of nitrogens with one attached hydrogen (secondary N) is 2. The maximum atomic E-state index is 13.3. The Morgan fingerprint density at radius 2 is 0.722 bits per heavy atom. The summed E-state index contributed by atoms with van der Waals surface area (Å²) >= 11 is 0. The van der Waals surface area contributed by atoms with Gasteiger partial charge in [0.25, 0.3) is 11.8 Å². The molecule has 0 saturated heterocycles. The van der Waals surface area contributed by atoms with Crippen LogP contribution in [0.1, 0.15) is 11.1 Å². The van der Waals surface area contributed by atoms with Gasteiger partial charge in [-0.15, -0.1) is 0 Å². The number of carbonyl (C=O) groups is 2. The first-order chi connectivity index (χ1) is 26.7. The maximum absolute atomic E-state index is 13.3. The Balaban J connectivity index is 1.79.